The minimum atomic E-state index is 0.435. The van der Waals surface area contributed by atoms with Crippen molar-refractivity contribution in [3.63, 3.8) is 0 Å². The van der Waals surface area contributed by atoms with Gasteiger partial charge >= 0.3 is 0 Å². The third-order valence-electron chi connectivity index (χ3n) is 3.64. The molecule has 2 rings (SSSR count). The van der Waals surface area contributed by atoms with E-state index in [0.717, 1.165) is 29.7 Å². The van der Waals surface area contributed by atoms with Crippen LogP contribution >= 0.6 is 15.9 Å². The van der Waals surface area contributed by atoms with Gasteiger partial charge in [0.2, 0.25) is 0 Å². The Balaban J connectivity index is 2.15. The molecule has 21 heavy (non-hydrogen) atoms. The fraction of sp³-hybridized carbons (Fsp3) is 0.412. The summed E-state index contributed by atoms with van der Waals surface area (Å²) < 4.78 is 8.63. The number of aromatic nitrogens is 1. The lowest BCUT2D eigenvalue weighted by Gasteiger charge is -2.14. The van der Waals surface area contributed by atoms with Gasteiger partial charge in [-0.2, -0.15) is 0 Å². The highest BCUT2D eigenvalue weighted by molar-refractivity contribution is 9.10. The highest BCUT2D eigenvalue weighted by Gasteiger charge is 2.10. The number of nitrogens with zero attached hydrogens (tertiary/aromatic N) is 1. The molecule has 1 atom stereocenters. The van der Waals surface area contributed by atoms with Crippen molar-refractivity contribution in [2.75, 3.05) is 13.7 Å². The van der Waals surface area contributed by atoms with Gasteiger partial charge in [0, 0.05) is 29.5 Å². The lowest BCUT2D eigenvalue weighted by molar-refractivity contribution is 0.414. The molecular weight excluding hydrogens is 328 g/mol. The first-order chi connectivity index (χ1) is 10.2. The second-order valence-corrected chi connectivity index (χ2v) is 5.95. The fourth-order valence-corrected chi connectivity index (χ4v) is 2.88. The van der Waals surface area contributed by atoms with Crippen LogP contribution in [0, 0.1) is 0 Å². The zero-order valence-corrected chi connectivity index (χ0v) is 14.5. The van der Waals surface area contributed by atoms with Gasteiger partial charge in [-0.1, -0.05) is 29.8 Å². The normalized spacial score (nSPS) is 12.4. The molecule has 1 N–H and O–H groups in total. The summed E-state index contributed by atoms with van der Waals surface area (Å²) in [5, 5.41) is 3.51. The summed E-state index contributed by atoms with van der Waals surface area (Å²) in [6.07, 6.45) is 5.46. The average molecular weight is 351 g/mol. The van der Waals surface area contributed by atoms with E-state index in [1.165, 1.54) is 11.1 Å². The summed E-state index contributed by atoms with van der Waals surface area (Å²) in [4.78, 5) is 0. The molecule has 0 aliphatic rings. The van der Waals surface area contributed by atoms with Gasteiger partial charge in [0.1, 0.15) is 5.75 Å². The Morgan fingerprint density at radius 2 is 2.10 bits per heavy atom. The zero-order chi connectivity index (χ0) is 15.2. The molecule has 1 heterocycles. The average Bonchev–Trinajstić information content (AvgIpc) is 2.95. The van der Waals surface area contributed by atoms with Crippen molar-refractivity contribution in [1.29, 1.82) is 0 Å². The summed E-state index contributed by atoms with van der Waals surface area (Å²) in [6, 6.07) is 8.71. The molecule has 3 nitrogen and oxygen atoms in total. The molecule has 114 valence electrons. The minimum absolute atomic E-state index is 0.435. The van der Waals surface area contributed by atoms with Crippen LogP contribution in [0.2, 0.25) is 0 Å². The Morgan fingerprint density at radius 1 is 1.29 bits per heavy atom. The largest absolute Gasteiger partial charge is 0.497 e. The van der Waals surface area contributed by atoms with E-state index >= 15 is 0 Å². The highest BCUT2D eigenvalue weighted by atomic mass is 79.9. The van der Waals surface area contributed by atoms with Crippen molar-refractivity contribution in [1.82, 2.24) is 9.88 Å². The Kier molecular flexibility index (Phi) is 5.88. The van der Waals surface area contributed by atoms with Gasteiger partial charge in [-0.25, -0.2) is 0 Å². The monoisotopic (exact) mass is 350 g/mol. The third-order valence-corrected chi connectivity index (χ3v) is 4.41. The molecule has 0 radical (unpaired) electrons. The quantitative estimate of drug-likeness (QED) is 0.802. The smallest absolute Gasteiger partial charge is 0.119 e. The predicted octanol–water partition coefficient (Wildman–Crippen LogP) is 4.37. The lowest BCUT2D eigenvalue weighted by Crippen LogP contribution is -2.19. The Bertz CT molecular complexity index is 580. The van der Waals surface area contributed by atoms with Crippen molar-refractivity contribution < 1.29 is 4.74 Å². The van der Waals surface area contributed by atoms with Gasteiger partial charge in [-0.3, -0.25) is 0 Å². The molecule has 2 aromatic rings. The minimum Gasteiger partial charge on any atom is -0.497 e. The maximum absolute atomic E-state index is 5.30. The molecule has 0 saturated carbocycles. The number of methoxy groups -OCH3 is 1. The topological polar surface area (TPSA) is 26.2 Å². The van der Waals surface area contributed by atoms with Crippen molar-refractivity contribution >= 4 is 15.9 Å². The molecule has 0 aliphatic heterocycles. The standard InChI is InChI=1S/C17H23BrN2O/c1-4-17(19-5-2)13-8-9-20(11-13)12-14-10-15(21-3)6-7-16(14)18/h6-11,17,19H,4-5,12H2,1-3H3. The van der Waals surface area contributed by atoms with E-state index in [0.29, 0.717) is 6.04 Å². The van der Waals surface area contributed by atoms with Crippen molar-refractivity contribution in [3.05, 3.63) is 52.3 Å². The summed E-state index contributed by atoms with van der Waals surface area (Å²) in [7, 11) is 1.70. The first kappa shape index (κ1) is 16.1. The van der Waals surface area contributed by atoms with E-state index in [9.17, 15) is 0 Å². The van der Waals surface area contributed by atoms with Crippen LogP contribution in [-0.2, 0) is 6.54 Å². The Hall–Kier alpha value is -1.26. The number of rotatable bonds is 7. The maximum Gasteiger partial charge on any atom is 0.119 e. The number of halogens is 1. The van der Waals surface area contributed by atoms with Crippen LogP contribution < -0.4 is 10.1 Å². The summed E-state index contributed by atoms with van der Waals surface area (Å²) in [6.45, 7) is 6.18. The number of hydrogen-bond donors (Lipinski definition) is 1. The second-order valence-electron chi connectivity index (χ2n) is 5.09. The Morgan fingerprint density at radius 3 is 2.76 bits per heavy atom. The molecule has 1 aromatic heterocycles. The lowest BCUT2D eigenvalue weighted by atomic mass is 10.1. The van der Waals surface area contributed by atoms with Gasteiger partial charge in [0.15, 0.2) is 0 Å². The van der Waals surface area contributed by atoms with Gasteiger partial charge in [0.05, 0.1) is 7.11 Å². The van der Waals surface area contributed by atoms with Crippen LogP contribution in [0.5, 0.6) is 5.75 Å². The van der Waals surface area contributed by atoms with E-state index in [1.807, 2.05) is 12.1 Å². The molecule has 0 spiro atoms. The van der Waals surface area contributed by atoms with Crippen LogP contribution in [0.15, 0.2) is 41.1 Å². The van der Waals surface area contributed by atoms with Crippen LogP contribution in [0.1, 0.15) is 37.4 Å². The molecule has 0 fully saturated rings. The van der Waals surface area contributed by atoms with Gasteiger partial charge in [-0.15, -0.1) is 0 Å². The number of hydrogen-bond acceptors (Lipinski definition) is 2. The van der Waals surface area contributed by atoms with Crippen LogP contribution in [-0.4, -0.2) is 18.2 Å². The molecule has 0 amide bonds. The zero-order valence-electron chi connectivity index (χ0n) is 12.9. The van der Waals surface area contributed by atoms with Crippen LogP contribution in [0.3, 0.4) is 0 Å². The second kappa shape index (κ2) is 7.66. The maximum atomic E-state index is 5.30. The first-order valence-electron chi connectivity index (χ1n) is 7.39. The number of benzene rings is 1. The third kappa shape index (κ3) is 4.11. The van der Waals surface area contributed by atoms with E-state index in [4.69, 9.17) is 4.74 Å². The van der Waals surface area contributed by atoms with E-state index in [-0.39, 0.29) is 0 Å². The number of ether oxygens (including phenoxy) is 1. The van der Waals surface area contributed by atoms with Gasteiger partial charge in [0.25, 0.3) is 0 Å². The fourth-order valence-electron chi connectivity index (χ4n) is 2.50. The predicted molar refractivity (Wildman–Crippen MR) is 90.9 cm³/mol. The molecule has 0 saturated heterocycles. The van der Waals surface area contributed by atoms with E-state index in [2.05, 4.69) is 64.2 Å². The molecule has 4 heteroatoms. The van der Waals surface area contributed by atoms with Gasteiger partial charge < -0.3 is 14.6 Å². The van der Waals surface area contributed by atoms with Crippen LogP contribution in [0.25, 0.3) is 0 Å². The highest BCUT2D eigenvalue weighted by Crippen LogP contribution is 2.24. The number of nitrogens with one attached hydrogen (secondary N) is 1. The first-order valence-corrected chi connectivity index (χ1v) is 8.18. The van der Waals surface area contributed by atoms with Crippen molar-refractivity contribution in [2.45, 2.75) is 32.9 Å². The summed E-state index contributed by atoms with van der Waals surface area (Å²) in [5.74, 6) is 0.889. The Labute approximate surface area is 135 Å². The SMILES string of the molecule is CCNC(CC)c1ccn(Cc2cc(OC)ccc2Br)c1. The van der Waals surface area contributed by atoms with Gasteiger partial charge in [-0.05, 0) is 48.4 Å². The molecule has 0 bridgehead atoms. The van der Waals surface area contributed by atoms with Crippen molar-refractivity contribution in [3.8, 4) is 5.75 Å². The molecule has 1 unspecified atom stereocenters. The summed E-state index contributed by atoms with van der Waals surface area (Å²) >= 11 is 3.61. The van der Waals surface area contributed by atoms with Crippen molar-refractivity contribution in [2.24, 2.45) is 0 Å². The summed E-state index contributed by atoms with van der Waals surface area (Å²) in [5.41, 5.74) is 2.56. The molecule has 0 aliphatic carbocycles. The van der Waals surface area contributed by atoms with Crippen LogP contribution in [0.4, 0.5) is 0 Å². The molecular formula is C17H23BrN2O. The molecule has 1 aromatic carbocycles. The van der Waals surface area contributed by atoms with E-state index < -0.39 is 0 Å². The van der Waals surface area contributed by atoms with E-state index in [1.54, 1.807) is 7.11 Å².